The normalized spacial score (nSPS) is 11.8. The number of hydrogen-bond donors (Lipinski definition) is 2. The van der Waals surface area contributed by atoms with Crippen molar-refractivity contribution in [1.29, 1.82) is 0 Å². The maximum absolute atomic E-state index is 13.2. The molecular formula is C22H19ClF2N4O2. The highest BCUT2D eigenvalue weighted by Gasteiger charge is 2.24. The first-order chi connectivity index (χ1) is 14.6. The molecule has 0 amide bonds. The zero-order valence-corrected chi connectivity index (χ0v) is 17.8. The van der Waals surface area contributed by atoms with Gasteiger partial charge in [0.05, 0.1) is 5.02 Å². The molecule has 0 radical (unpaired) electrons. The minimum Gasteiger partial charge on any atom is -0.433 e. The van der Waals surface area contributed by atoms with Gasteiger partial charge in [-0.05, 0) is 49.7 Å². The fraction of sp³-hybridized carbons (Fsp3) is 0.227. The van der Waals surface area contributed by atoms with Crippen LogP contribution in [0.15, 0.2) is 36.5 Å². The van der Waals surface area contributed by atoms with Crippen LogP contribution < -0.4 is 4.74 Å². The van der Waals surface area contributed by atoms with Crippen LogP contribution in [-0.2, 0) is 6.42 Å². The first-order valence-corrected chi connectivity index (χ1v) is 9.87. The van der Waals surface area contributed by atoms with Gasteiger partial charge in [0.2, 0.25) is 0 Å². The number of halogens is 3. The summed E-state index contributed by atoms with van der Waals surface area (Å²) in [6, 6.07) is 7.97. The maximum atomic E-state index is 13.2. The van der Waals surface area contributed by atoms with Crippen molar-refractivity contribution < 1.29 is 18.3 Å². The Morgan fingerprint density at radius 1 is 1.23 bits per heavy atom. The molecule has 0 aliphatic rings. The second-order valence-corrected chi connectivity index (χ2v) is 7.85. The number of aromatic nitrogens is 4. The monoisotopic (exact) mass is 444 g/mol. The van der Waals surface area contributed by atoms with Crippen LogP contribution in [0, 0.1) is 13.8 Å². The summed E-state index contributed by atoms with van der Waals surface area (Å²) in [5, 5.41) is 8.03. The number of ether oxygens (including phenoxy) is 1. The molecular weight excluding hydrogens is 426 g/mol. The topological polar surface area (TPSA) is 83.7 Å². The summed E-state index contributed by atoms with van der Waals surface area (Å²) in [5.74, 6) is -0.110. The molecule has 0 saturated heterocycles. The van der Waals surface area contributed by atoms with Gasteiger partial charge in [0.1, 0.15) is 17.1 Å². The zero-order valence-electron chi connectivity index (χ0n) is 17.0. The van der Waals surface area contributed by atoms with Crippen molar-refractivity contribution in [2.24, 2.45) is 0 Å². The number of H-pyrrole nitrogens is 2. The SMILES string of the molecule is Cc1[nH]nc(C(=O)Cc2cnc3[nH]c(-c4cc(OC(C)(F)F)ccc4Cl)cc3c2)c1C. The first kappa shape index (κ1) is 21.0. The van der Waals surface area contributed by atoms with Crippen LogP contribution in [-0.4, -0.2) is 32.1 Å². The molecule has 0 saturated carbocycles. The van der Waals surface area contributed by atoms with Crippen molar-refractivity contribution in [3.8, 4) is 17.0 Å². The summed E-state index contributed by atoms with van der Waals surface area (Å²) in [7, 11) is 0. The fourth-order valence-corrected chi connectivity index (χ4v) is 3.53. The molecule has 6 nitrogen and oxygen atoms in total. The van der Waals surface area contributed by atoms with Crippen molar-refractivity contribution in [2.75, 3.05) is 0 Å². The molecule has 0 unspecified atom stereocenters. The van der Waals surface area contributed by atoms with Gasteiger partial charge >= 0.3 is 6.11 Å². The van der Waals surface area contributed by atoms with Gasteiger partial charge in [0.25, 0.3) is 0 Å². The minimum atomic E-state index is -3.31. The number of alkyl halides is 2. The van der Waals surface area contributed by atoms with Crippen molar-refractivity contribution >= 4 is 28.4 Å². The summed E-state index contributed by atoms with van der Waals surface area (Å²) in [6.45, 7) is 4.38. The average Bonchev–Trinajstić information content (AvgIpc) is 3.25. The highest BCUT2D eigenvalue weighted by Crippen LogP contribution is 2.34. The lowest BCUT2D eigenvalue weighted by Gasteiger charge is -2.14. The fourth-order valence-electron chi connectivity index (χ4n) is 3.31. The molecule has 9 heteroatoms. The Kier molecular flexibility index (Phi) is 5.26. The summed E-state index contributed by atoms with van der Waals surface area (Å²) in [4.78, 5) is 20.1. The third kappa shape index (κ3) is 4.44. The van der Waals surface area contributed by atoms with Crippen molar-refractivity contribution in [3.63, 3.8) is 0 Å². The number of aromatic amines is 2. The Morgan fingerprint density at radius 2 is 2.00 bits per heavy atom. The molecule has 0 fully saturated rings. The van der Waals surface area contributed by atoms with E-state index in [0.717, 1.165) is 22.2 Å². The first-order valence-electron chi connectivity index (χ1n) is 9.50. The molecule has 3 aromatic heterocycles. The number of nitrogens with one attached hydrogen (secondary N) is 2. The summed E-state index contributed by atoms with van der Waals surface area (Å²) >= 11 is 6.28. The van der Waals surface area contributed by atoms with Crippen LogP contribution in [0.25, 0.3) is 22.3 Å². The predicted molar refractivity (Wildman–Crippen MR) is 114 cm³/mol. The predicted octanol–water partition coefficient (Wildman–Crippen LogP) is 5.64. The molecule has 2 N–H and O–H groups in total. The Balaban J connectivity index is 1.63. The maximum Gasteiger partial charge on any atom is 0.394 e. The Morgan fingerprint density at radius 3 is 2.68 bits per heavy atom. The number of rotatable bonds is 6. The lowest BCUT2D eigenvalue weighted by Crippen LogP contribution is -2.19. The molecule has 0 aliphatic carbocycles. The van der Waals surface area contributed by atoms with Gasteiger partial charge in [0, 0.05) is 47.4 Å². The van der Waals surface area contributed by atoms with Crippen LogP contribution in [0.3, 0.4) is 0 Å². The Bertz CT molecular complexity index is 1290. The van der Waals surface area contributed by atoms with E-state index in [1.807, 2.05) is 19.9 Å². The van der Waals surface area contributed by atoms with E-state index in [4.69, 9.17) is 11.6 Å². The number of aryl methyl sites for hydroxylation is 1. The number of carbonyl (C=O) groups excluding carboxylic acids is 1. The number of benzene rings is 1. The highest BCUT2D eigenvalue weighted by atomic mass is 35.5. The summed E-state index contributed by atoms with van der Waals surface area (Å²) in [5.41, 5.74) is 4.52. The van der Waals surface area contributed by atoms with E-state index in [9.17, 15) is 13.6 Å². The van der Waals surface area contributed by atoms with Crippen LogP contribution in [0.4, 0.5) is 8.78 Å². The Labute approximate surface area is 181 Å². The van der Waals surface area contributed by atoms with E-state index in [1.54, 1.807) is 12.3 Å². The molecule has 3 heterocycles. The van der Waals surface area contributed by atoms with Crippen molar-refractivity contribution in [2.45, 2.75) is 33.3 Å². The second-order valence-electron chi connectivity index (χ2n) is 7.44. The minimum absolute atomic E-state index is 0.00512. The van der Waals surface area contributed by atoms with Crippen molar-refractivity contribution in [3.05, 3.63) is 64.1 Å². The third-order valence-electron chi connectivity index (χ3n) is 4.93. The molecule has 4 aromatic rings. The van der Waals surface area contributed by atoms with Gasteiger partial charge < -0.3 is 9.72 Å². The number of ketones is 1. The van der Waals surface area contributed by atoms with E-state index in [1.165, 1.54) is 18.2 Å². The van der Waals surface area contributed by atoms with Gasteiger partial charge in [-0.3, -0.25) is 9.89 Å². The molecule has 1 aromatic carbocycles. The molecule has 0 atom stereocenters. The summed E-state index contributed by atoms with van der Waals surface area (Å²) in [6.07, 6.45) is -1.53. The van der Waals surface area contributed by atoms with E-state index < -0.39 is 6.11 Å². The molecule has 4 rings (SSSR count). The molecule has 160 valence electrons. The van der Waals surface area contributed by atoms with Crippen LogP contribution in [0.5, 0.6) is 5.75 Å². The second kappa shape index (κ2) is 7.77. The van der Waals surface area contributed by atoms with Gasteiger partial charge in [-0.1, -0.05) is 11.6 Å². The lowest BCUT2D eigenvalue weighted by atomic mass is 10.0. The molecule has 31 heavy (non-hydrogen) atoms. The van der Waals surface area contributed by atoms with Gasteiger partial charge in [-0.15, -0.1) is 0 Å². The standard InChI is InChI=1S/C22H19ClF2N4O2/c1-11-12(2)28-29-20(11)19(30)7-13-6-14-8-18(27-21(14)26-10-13)16-9-15(4-5-17(16)23)31-22(3,24)25/h4-6,8-10H,7H2,1-3H3,(H,26,27)(H,28,29). The van der Waals surface area contributed by atoms with Gasteiger partial charge in [0.15, 0.2) is 5.78 Å². The number of fused-ring (bicyclic) bond motifs is 1. The smallest absolute Gasteiger partial charge is 0.394 e. The molecule has 0 aliphatic heterocycles. The number of pyridine rings is 1. The lowest BCUT2D eigenvalue weighted by molar-refractivity contribution is -0.158. The third-order valence-corrected chi connectivity index (χ3v) is 5.26. The van der Waals surface area contributed by atoms with Crippen molar-refractivity contribution in [1.82, 2.24) is 20.2 Å². The Hall–Kier alpha value is -3.26. The quantitative estimate of drug-likeness (QED) is 0.377. The van der Waals surface area contributed by atoms with Gasteiger partial charge in [-0.25, -0.2) is 4.98 Å². The van der Waals surface area contributed by atoms with Gasteiger partial charge in [-0.2, -0.15) is 13.9 Å². The number of hydrogen-bond acceptors (Lipinski definition) is 4. The number of carbonyl (C=O) groups is 1. The van der Waals surface area contributed by atoms with E-state index >= 15 is 0 Å². The van der Waals surface area contributed by atoms with E-state index in [-0.39, 0.29) is 18.0 Å². The van der Waals surface area contributed by atoms with Crippen LogP contribution >= 0.6 is 11.6 Å². The average molecular weight is 445 g/mol. The molecule has 0 spiro atoms. The highest BCUT2D eigenvalue weighted by molar-refractivity contribution is 6.33. The van der Waals surface area contributed by atoms with Crippen LogP contribution in [0.1, 0.15) is 34.2 Å². The molecule has 0 bridgehead atoms. The zero-order chi connectivity index (χ0) is 22.3. The van der Waals surface area contributed by atoms with E-state index in [2.05, 4.69) is 24.9 Å². The summed E-state index contributed by atoms with van der Waals surface area (Å²) < 4.78 is 31.0. The number of nitrogens with zero attached hydrogens (tertiary/aromatic N) is 2. The number of Topliss-reactive ketones (excluding diaryl/α,β-unsaturated/α-hetero) is 1. The van der Waals surface area contributed by atoms with E-state index in [0.29, 0.717) is 34.5 Å². The van der Waals surface area contributed by atoms with Crippen LogP contribution in [0.2, 0.25) is 5.02 Å². The largest absolute Gasteiger partial charge is 0.433 e.